The van der Waals surface area contributed by atoms with Crippen molar-refractivity contribution in [1.82, 2.24) is 0 Å². The topological polar surface area (TPSA) is 152 Å². The number of aliphatic carboxylic acids is 3. The molecule has 0 aliphatic carbocycles. The largest absolute Gasteiger partial charge is 0.481 e. The van der Waals surface area contributed by atoms with Crippen LogP contribution < -0.4 is 0 Å². The number of hydrogen-bond acceptors (Lipinski definition) is 5. The molecule has 0 spiro atoms. The van der Waals surface area contributed by atoms with Gasteiger partial charge in [-0.3, -0.25) is 4.79 Å². The maximum atomic E-state index is 9.72. The summed E-state index contributed by atoms with van der Waals surface area (Å²) in [6.07, 6.45) is -3.78. The lowest BCUT2D eigenvalue weighted by molar-refractivity contribution is -0.152. The van der Waals surface area contributed by atoms with Gasteiger partial charge in [0.05, 0.1) is 6.42 Å². The molecule has 0 rings (SSSR count). The number of carbonyl (C=O) groups is 3. The second kappa shape index (κ2) is 7.71. The van der Waals surface area contributed by atoms with Crippen LogP contribution in [0, 0.1) is 0 Å². The minimum absolute atomic E-state index is 0.755. The normalized spacial score (nSPS) is 13.0. The highest BCUT2D eigenvalue weighted by Gasteiger charge is 2.16. The zero-order valence-electron chi connectivity index (χ0n) is 7.82. The first-order chi connectivity index (χ1) is 6.68. The smallest absolute Gasteiger partial charge is 0.333 e. The van der Waals surface area contributed by atoms with E-state index in [1.807, 2.05) is 0 Å². The van der Waals surface area contributed by atoms with Crippen molar-refractivity contribution in [1.29, 1.82) is 0 Å². The van der Waals surface area contributed by atoms with Crippen LogP contribution in [0.25, 0.3) is 0 Å². The highest BCUT2D eigenvalue weighted by molar-refractivity contribution is 5.79. The van der Waals surface area contributed by atoms with Crippen LogP contribution >= 0.6 is 0 Å². The van der Waals surface area contributed by atoms with Crippen molar-refractivity contribution in [3.05, 3.63) is 0 Å². The first-order valence-corrected chi connectivity index (χ1v) is 3.72. The fourth-order valence-electron chi connectivity index (χ4n) is 0.253. The molecule has 2 atom stereocenters. The summed E-state index contributed by atoms with van der Waals surface area (Å²) in [7, 11) is 0. The zero-order chi connectivity index (χ0) is 12.6. The fraction of sp³-hybridized carbons (Fsp3) is 0.571. The van der Waals surface area contributed by atoms with E-state index in [1.165, 1.54) is 6.92 Å². The Bertz CT molecular complexity index is 233. The SMILES string of the molecule is CC(O)C(=O)O.O=C(O)C[C@H](O)C(=O)O. The molecule has 8 nitrogen and oxygen atoms in total. The summed E-state index contributed by atoms with van der Waals surface area (Å²) in [6, 6.07) is 0. The van der Waals surface area contributed by atoms with Crippen LogP contribution in [0.1, 0.15) is 13.3 Å². The van der Waals surface area contributed by atoms with E-state index < -0.39 is 36.5 Å². The van der Waals surface area contributed by atoms with Crippen molar-refractivity contribution in [2.45, 2.75) is 25.6 Å². The Balaban J connectivity index is 0. The molecular formula is C7H12O8. The summed E-state index contributed by atoms with van der Waals surface area (Å²) in [5.41, 5.74) is 0. The Morgan fingerprint density at radius 1 is 1.00 bits per heavy atom. The van der Waals surface area contributed by atoms with Crippen LogP contribution in [0.4, 0.5) is 0 Å². The van der Waals surface area contributed by atoms with Gasteiger partial charge >= 0.3 is 17.9 Å². The zero-order valence-corrected chi connectivity index (χ0v) is 7.82. The Morgan fingerprint density at radius 3 is 1.40 bits per heavy atom. The Labute approximate surface area is 84.4 Å². The third kappa shape index (κ3) is 12.3. The summed E-state index contributed by atoms with van der Waals surface area (Å²) in [4.78, 5) is 28.9. The predicted molar refractivity (Wildman–Crippen MR) is 45.2 cm³/mol. The second-order valence-electron chi connectivity index (χ2n) is 2.47. The standard InChI is InChI=1S/C4H6O5.C3H6O3/c5-2(4(8)9)1-3(6)7;1-2(4)3(5)6/h2,5H,1H2,(H,6,7)(H,8,9);2,4H,1H3,(H,5,6)/t2-;/m0./s1. The molecule has 0 saturated heterocycles. The van der Waals surface area contributed by atoms with E-state index in [1.54, 1.807) is 0 Å². The first-order valence-electron chi connectivity index (χ1n) is 3.72. The minimum atomic E-state index is -1.79. The van der Waals surface area contributed by atoms with Gasteiger partial charge in [0, 0.05) is 0 Å². The molecule has 1 unspecified atom stereocenters. The lowest BCUT2D eigenvalue weighted by Gasteiger charge is -1.97. The number of hydrogen-bond donors (Lipinski definition) is 5. The number of rotatable bonds is 4. The lowest BCUT2D eigenvalue weighted by Crippen LogP contribution is -2.22. The van der Waals surface area contributed by atoms with Crippen LogP contribution in [0.15, 0.2) is 0 Å². The van der Waals surface area contributed by atoms with Gasteiger partial charge in [0.2, 0.25) is 0 Å². The van der Waals surface area contributed by atoms with Crippen LogP contribution in [0.5, 0.6) is 0 Å². The molecule has 0 radical (unpaired) electrons. The van der Waals surface area contributed by atoms with Crippen molar-refractivity contribution in [3.63, 3.8) is 0 Å². The Kier molecular flexibility index (Phi) is 8.11. The molecule has 5 N–H and O–H groups in total. The third-order valence-electron chi connectivity index (χ3n) is 1.01. The molecule has 8 heteroatoms. The Morgan fingerprint density at radius 2 is 1.33 bits per heavy atom. The van der Waals surface area contributed by atoms with Gasteiger partial charge < -0.3 is 25.5 Å². The van der Waals surface area contributed by atoms with Gasteiger partial charge in [0.1, 0.15) is 6.10 Å². The molecule has 0 aromatic rings. The van der Waals surface area contributed by atoms with E-state index >= 15 is 0 Å². The molecule has 0 aromatic heterocycles. The van der Waals surface area contributed by atoms with Crippen molar-refractivity contribution in [2.24, 2.45) is 0 Å². The number of aliphatic hydroxyl groups excluding tert-OH is 2. The van der Waals surface area contributed by atoms with Gasteiger partial charge in [0.25, 0.3) is 0 Å². The van der Waals surface area contributed by atoms with Gasteiger partial charge in [-0.05, 0) is 6.92 Å². The van der Waals surface area contributed by atoms with E-state index in [9.17, 15) is 14.4 Å². The summed E-state index contributed by atoms with van der Waals surface area (Å²) >= 11 is 0. The molecule has 0 fully saturated rings. The molecule has 0 amide bonds. The number of aliphatic hydroxyl groups is 2. The predicted octanol–water partition coefficient (Wildman–Crippen LogP) is -1.64. The molecular weight excluding hydrogens is 212 g/mol. The van der Waals surface area contributed by atoms with E-state index in [2.05, 4.69) is 0 Å². The van der Waals surface area contributed by atoms with Gasteiger partial charge in [-0.2, -0.15) is 0 Å². The fourth-order valence-corrected chi connectivity index (χ4v) is 0.253. The van der Waals surface area contributed by atoms with Gasteiger partial charge in [0.15, 0.2) is 6.10 Å². The molecule has 15 heavy (non-hydrogen) atoms. The van der Waals surface area contributed by atoms with E-state index in [-0.39, 0.29) is 0 Å². The highest BCUT2D eigenvalue weighted by atomic mass is 16.4. The first kappa shape index (κ1) is 15.8. The molecule has 0 aliphatic heterocycles. The van der Waals surface area contributed by atoms with E-state index in [0.29, 0.717) is 0 Å². The Hall–Kier alpha value is -1.67. The number of carboxylic acids is 3. The number of carboxylic acid groups (broad SMARTS) is 3. The van der Waals surface area contributed by atoms with Crippen molar-refractivity contribution in [2.75, 3.05) is 0 Å². The van der Waals surface area contributed by atoms with Gasteiger partial charge in [-0.1, -0.05) is 0 Å². The monoisotopic (exact) mass is 224 g/mol. The van der Waals surface area contributed by atoms with Crippen LogP contribution in [-0.4, -0.2) is 55.6 Å². The summed E-state index contributed by atoms with van der Waals surface area (Å²) < 4.78 is 0. The molecule has 0 aromatic carbocycles. The van der Waals surface area contributed by atoms with E-state index in [4.69, 9.17) is 25.5 Å². The summed E-state index contributed by atoms with van der Waals surface area (Å²) in [5, 5.41) is 39.9. The molecule has 88 valence electrons. The van der Waals surface area contributed by atoms with E-state index in [0.717, 1.165) is 0 Å². The molecule has 0 heterocycles. The minimum Gasteiger partial charge on any atom is -0.481 e. The van der Waals surface area contributed by atoms with Crippen molar-refractivity contribution < 1.29 is 39.9 Å². The van der Waals surface area contributed by atoms with Crippen molar-refractivity contribution >= 4 is 17.9 Å². The van der Waals surface area contributed by atoms with Gasteiger partial charge in [-0.25, -0.2) is 9.59 Å². The lowest BCUT2D eigenvalue weighted by atomic mass is 10.3. The highest BCUT2D eigenvalue weighted by Crippen LogP contribution is 1.89. The summed E-state index contributed by atoms with van der Waals surface area (Å²) in [5.74, 6) is -4.03. The summed E-state index contributed by atoms with van der Waals surface area (Å²) in [6.45, 7) is 1.20. The maximum absolute atomic E-state index is 9.72. The van der Waals surface area contributed by atoms with Crippen LogP contribution in [0.3, 0.4) is 0 Å². The molecule has 0 aliphatic rings. The third-order valence-corrected chi connectivity index (χ3v) is 1.01. The van der Waals surface area contributed by atoms with Crippen molar-refractivity contribution in [3.8, 4) is 0 Å². The van der Waals surface area contributed by atoms with Crippen LogP contribution in [-0.2, 0) is 14.4 Å². The molecule has 0 saturated carbocycles. The maximum Gasteiger partial charge on any atom is 0.333 e. The van der Waals surface area contributed by atoms with Crippen LogP contribution in [0.2, 0.25) is 0 Å². The molecule has 0 bridgehead atoms. The average Bonchev–Trinajstić information content (AvgIpc) is 2.03. The average molecular weight is 224 g/mol. The second-order valence-corrected chi connectivity index (χ2v) is 2.47. The quantitative estimate of drug-likeness (QED) is 0.381. The van der Waals surface area contributed by atoms with Gasteiger partial charge in [-0.15, -0.1) is 0 Å².